The summed E-state index contributed by atoms with van der Waals surface area (Å²) in [5.74, 6) is 0.105. The second kappa shape index (κ2) is 8.53. The van der Waals surface area contributed by atoms with Crippen LogP contribution in [0.4, 0.5) is 11.4 Å². The Morgan fingerprint density at radius 1 is 1.39 bits per heavy atom. The van der Waals surface area contributed by atoms with E-state index in [0.717, 1.165) is 0 Å². The Labute approximate surface area is 160 Å². The highest BCUT2D eigenvalue weighted by Gasteiger charge is 2.30. The number of anilines is 1. The second-order valence-electron chi connectivity index (χ2n) is 6.07. The predicted molar refractivity (Wildman–Crippen MR) is 96.9 cm³/mol. The van der Waals surface area contributed by atoms with E-state index in [1.807, 2.05) is 0 Å². The lowest BCUT2D eigenvalue weighted by Gasteiger charge is -2.31. The minimum absolute atomic E-state index is 0.193. The van der Waals surface area contributed by atoms with E-state index in [1.165, 1.54) is 41.4 Å². The molecule has 1 aromatic heterocycles. The summed E-state index contributed by atoms with van der Waals surface area (Å²) >= 11 is 0. The molecule has 0 radical (unpaired) electrons. The number of carbonyl (C=O) groups excluding carboxylic acids is 2. The van der Waals surface area contributed by atoms with Crippen LogP contribution in [0.5, 0.6) is 5.75 Å². The summed E-state index contributed by atoms with van der Waals surface area (Å²) in [5, 5.41) is 11.1. The molecule has 2 amide bonds. The lowest BCUT2D eigenvalue weighted by molar-refractivity contribution is -0.384. The summed E-state index contributed by atoms with van der Waals surface area (Å²) in [6, 6.07) is 7.39. The van der Waals surface area contributed by atoms with Crippen molar-refractivity contribution in [1.82, 2.24) is 4.90 Å². The van der Waals surface area contributed by atoms with Gasteiger partial charge >= 0.3 is 0 Å². The minimum Gasteiger partial charge on any atom is -0.482 e. The number of methoxy groups -OCH3 is 1. The predicted octanol–water partition coefficient (Wildman–Crippen LogP) is 1.59. The summed E-state index contributed by atoms with van der Waals surface area (Å²) in [5.41, 5.74) is 0.00446. The molecule has 10 nitrogen and oxygen atoms in total. The molecule has 148 valence electrons. The lowest BCUT2D eigenvalue weighted by atomic mass is 10.2. The van der Waals surface area contributed by atoms with Crippen LogP contribution in [-0.2, 0) is 20.9 Å². The first-order valence-corrected chi connectivity index (χ1v) is 8.50. The normalized spacial score (nSPS) is 13.0. The third-order valence-corrected chi connectivity index (χ3v) is 4.23. The molecule has 28 heavy (non-hydrogen) atoms. The Hall–Kier alpha value is -3.40. The molecule has 0 bridgehead atoms. The van der Waals surface area contributed by atoms with Crippen LogP contribution in [-0.4, -0.2) is 55.1 Å². The second-order valence-corrected chi connectivity index (χ2v) is 6.07. The van der Waals surface area contributed by atoms with E-state index in [0.29, 0.717) is 24.7 Å². The van der Waals surface area contributed by atoms with E-state index in [2.05, 4.69) is 0 Å². The number of ether oxygens (including phenoxy) is 2. The highest BCUT2D eigenvalue weighted by molar-refractivity contribution is 6.02. The van der Waals surface area contributed by atoms with Crippen molar-refractivity contribution < 1.29 is 28.4 Å². The molecular formula is C18H19N3O7. The third-order valence-electron chi connectivity index (χ3n) is 4.23. The van der Waals surface area contributed by atoms with Crippen molar-refractivity contribution in [3.8, 4) is 5.75 Å². The minimum atomic E-state index is -0.568. The number of nitrogens with zero attached hydrogens (tertiary/aromatic N) is 3. The third kappa shape index (κ3) is 4.29. The van der Waals surface area contributed by atoms with E-state index in [4.69, 9.17) is 13.9 Å². The molecule has 1 aliphatic rings. The van der Waals surface area contributed by atoms with E-state index < -0.39 is 10.8 Å². The van der Waals surface area contributed by atoms with Gasteiger partial charge in [0.25, 0.3) is 11.6 Å². The SMILES string of the molecule is COCCN(Cc1ccco1)C(=O)CN1C(=O)COc2ccc([N+](=O)[O-])cc21. The Kier molecular flexibility index (Phi) is 5.90. The Balaban J connectivity index is 1.82. The first kappa shape index (κ1) is 19.4. The standard InChI is InChI=1S/C18H19N3O7/c1-26-8-6-19(10-14-3-2-7-27-14)17(22)11-20-15-9-13(21(24)25)4-5-16(15)28-12-18(20)23/h2-5,7,9H,6,8,10-12H2,1H3. The highest BCUT2D eigenvalue weighted by atomic mass is 16.6. The van der Waals surface area contributed by atoms with Crippen LogP contribution in [0.2, 0.25) is 0 Å². The van der Waals surface area contributed by atoms with Crippen molar-refractivity contribution in [2.45, 2.75) is 6.54 Å². The average Bonchev–Trinajstić information content (AvgIpc) is 3.20. The van der Waals surface area contributed by atoms with Gasteiger partial charge in [0.2, 0.25) is 5.91 Å². The number of fused-ring (bicyclic) bond motifs is 1. The summed E-state index contributed by atoms with van der Waals surface area (Å²) in [6.45, 7) is 0.312. The number of carbonyl (C=O) groups is 2. The molecule has 2 aromatic rings. The van der Waals surface area contributed by atoms with E-state index in [1.54, 1.807) is 12.1 Å². The molecular weight excluding hydrogens is 370 g/mol. The highest BCUT2D eigenvalue weighted by Crippen LogP contribution is 2.35. The number of furan rings is 1. The van der Waals surface area contributed by atoms with Crippen molar-refractivity contribution >= 4 is 23.2 Å². The van der Waals surface area contributed by atoms with E-state index in [9.17, 15) is 19.7 Å². The van der Waals surface area contributed by atoms with Gasteiger partial charge < -0.3 is 18.8 Å². The molecule has 0 spiro atoms. The van der Waals surface area contributed by atoms with Crippen molar-refractivity contribution in [3.63, 3.8) is 0 Å². The van der Waals surface area contributed by atoms with Gasteiger partial charge in [-0.1, -0.05) is 0 Å². The summed E-state index contributed by atoms with van der Waals surface area (Å²) in [6.07, 6.45) is 1.51. The number of hydrogen-bond donors (Lipinski definition) is 0. The monoisotopic (exact) mass is 389 g/mol. The molecule has 1 aromatic carbocycles. The zero-order valence-electron chi connectivity index (χ0n) is 15.2. The summed E-state index contributed by atoms with van der Waals surface area (Å²) in [7, 11) is 1.52. The largest absolute Gasteiger partial charge is 0.482 e. The fourth-order valence-corrected chi connectivity index (χ4v) is 2.80. The molecule has 0 aliphatic carbocycles. The van der Waals surface area contributed by atoms with Gasteiger partial charge in [0.1, 0.15) is 18.1 Å². The van der Waals surface area contributed by atoms with Gasteiger partial charge in [0, 0.05) is 25.8 Å². The Morgan fingerprint density at radius 2 is 2.21 bits per heavy atom. The fourth-order valence-electron chi connectivity index (χ4n) is 2.80. The van der Waals surface area contributed by atoms with Crippen LogP contribution in [0.3, 0.4) is 0 Å². The number of nitro groups is 1. The number of hydrogen-bond acceptors (Lipinski definition) is 7. The maximum absolute atomic E-state index is 12.9. The van der Waals surface area contributed by atoms with Crippen LogP contribution in [0, 0.1) is 10.1 Å². The van der Waals surface area contributed by atoms with Gasteiger partial charge in [0.05, 0.1) is 30.0 Å². The van der Waals surface area contributed by atoms with Crippen LogP contribution >= 0.6 is 0 Å². The Bertz CT molecular complexity index is 866. The van der Waals surface area contributed by atoms with E-state index >= 15 is 0 Å². The zero-order valence-corrected chi connectivity index (χ0v) is 15.2. The smallest absolute Gasteiger partial charge is 0.271 e. The molecule has 1 aliphatic heterocycles. The molecule has 10 heteroatoms. The molecule has 0 unspecified atom stereocenters. The van der Waals surface area contributed by atoms with Crippen molar-refractivity contribution in [2.24, 2.45) is 0 Å². The quantitative estimate of drug-likeness (QED) is 0.497. The maximum atomic E-state index is 12.9. The van der Waals surface area contributed by atoms with E-state index in [-0.39, 0.29) is 37.0 Å². The number of nitro benzene ring substituents is 1. The molecule has 0 atom stereocenters. The number of benzene rings is 1. The molecule has 3 rings (SSSR count). The van der Waals surface area contributed by atoms with Crippen LogP contribution in [0.25, 0.3) is 0 Å². The molecule has 0 N–H and O–H groups in total. The number of rotatable bonds is 8. The van der Waals surface area contributed by atoms with Gasteiger partial charge in [-0.3, -0.25) is 24.6 Å². The average molecular weight is 389 g/mol. The topological polar surface area (TPSA) is 115 Å². The fraction of sp³-hybridized carbons (Fsp3) is 0.333. The first-order valence-electron chi connectivity index (χ1n) is 8.50. The van der Waals surface area contributed by atoms with Crippen LogP contribution < -0.4 is 9.64 Å². The lowest BCUT2D eigenvalue weighted by Crippen LogP contribution is -2.47. The number of amides is 2. The van der Waals surface area contributed by atoms with Gasteiger partial charge in [-0.2, -0.15) is 0 Å². The van der Waals surface area contributed by atoms with Gasteiger partial charge in [-0.15, -0.1) is 0 Å². The van der Waals surface area contributed by atoms with Crippen molar-refractivity contribution in [2.75, 3.05) is 38.3 Å². The zero-order chi connectivity index (χ0) is 20.1. The number of non-ortho nitro benzene ring substituents is 1. The van der Waals surface area contributed by atoms with Crippen molar-refractivity contribution in [1.29, 1.82) is 0 Å². The van der Waals surface area contributed by atoms with Crippen molar-refractivity contribution in [3.05, 3.63) is 52.5 Å². The van der Waals surface area contributed by atoms with Gasteiger partial charge in [-0.05, 0) is 18.2 Å². The molecule has 0 saturated heterocycles. The van der Waals surface area contributed by atoms with Crippen LogP contribution in [0.1, 0.15) is 5.76 Å². The van der Waals surface area contributed by atoms with Crippen LogP contribution in [0.15, 0.2) is 41.0 Å². The van der Waals surface area contributed by atoms with Gasteiger partial charge in [-0.25, -0.2) is 0 Å². The van der Waals surface area contributed by atoms with Gasteiger partial charge in [0.15, 0.2) is 6.61 Å². The Morgan fingerprint density at radius 3 is 2.89 bits per heavy atom. The first-order chi connectivity index (χ1) is 13.5. The maximum Gasteiger partial charge on any atom is 0.271 e. The summed E-state index contributed by atoms with van der Waals surface area (Å²) < 4.78 is 15.7. The molecule has 2 heterocycles. The molecule has 0 fully saturated rings. The molecule has 0 saturated carbocycles. The summed E-state index contributed by atoms with van der Waals surface area (Å²) in [4.78, 5) is 38.4.